The average molecular weight is 355 g/mol. The van der Waals surface area contributed by atoms with Crippen molar-refractivity contribution in [3.8, 4) is 0 Å². The first-order chi connectivity index (χ1) is 12.4. The number of benzene rings is 1. The average Bonchev–Trinajstić information content (AvgIpc) is 2.63. The Hall–Kier alpha value is -2.76. The Labute approximate surface area is 152 Å². The molecule has 2 heterocycles. The van der Waals surface area contributed by atoms with E-state index in [1.54, 1.807) is 23.2 Å². The lowest BCUT2D eigenvalue weighted by Crippen LogP contribution is -2.49. The predicted molar refractivity (Wildman–Crippen MR) is 97.9 cm³/mol. The molecule has 0 bridgehead atoms. The van der Waals surface area contributed by atoms with Crippen LogP contribution in [0.4, 0.5) is 10.1 Å². The van der Waals surface area contributed by atoms with Gasteiger partial charge in [0.1, 0.15) is 5.82 Å². The maximum absolute atomic E-state index is 14.3. The van der Waals surface area contributed by atoms with Crippen molar-refractivity contribution in [2.75, 3.05) is 31.1 Å². The molecule has 0 aliphatic carbocycles. The molecule has 1 aliphatic rings. The second-order valence-corrected chi connectivity index (χ2v) is 6.57. The molecule has 0 N–H and O–H groups in total. The summed E-state index contributed by atoms with van der Waals surface area (Å²) in [4.78, 5) is 31.7. The number of Topliss-reactive ketones (excluding diaryl/α,β-unsaturated/α-hetero) is 1. The first-order valence-electron chi connectivity index (χ1n) is 8.69. The number of pyridine rings is 1. The number of hydrogen-bond acceptors (Lipinski definition) is 4. The van der Waals surface area contributed by atoms with Gasteiger partial charge < -0.3 is 9.80 Å². The summed E-state index contributed by atoms with van der Waals surface area (Å²) in [6, 6.07) is 8.38. The first-order valence-corrected chi connectivity index (χ1v) is 8.69. The van der Waals surface area contributed by atoms with E-state index < -0.39 is 5.82 Å². The molecule has 0 radical (unpaired) electrons. The molecule has 1 aliphatic heterocycles. The van der Waals surface area contributed by atoms with Gasteiger partial charge in [-0.15, -0.1) is 0 Å². The Morgan fingerprint density at radius 2 is 1.85 bits per heavy atom. The van der Waals surface area contributed by atoms with Crippen LogP contribution in [0.2, 0.25) is 0 Å². The van der Waals surface area contributed by atoms with Crippen molar-refractivity contribution >= 4 is 17.4 Å². The van der Waals surface area contributed by atoms with Crippen LogP contribution in [0.1, 0.15) is 28.5 Å². The van der Waals surface area contributed by atoms with E-state index in [-0.39, 0.29) is 11.7 Å². The molecule has 1 fully saturated rings. The number of aromatic nitrogens is 1. The van der Waals surface area contributed by atoms with Crippen LogP contribution in [0.3, 0.4) is 0 Å². The fraction of sp³-hybridized carbons (Fsp3) is 0.350. The number of ketones is 1. The molecule has 1 saturated heterocycles. The quantitative estimate of drug-likeness (QED) is 0.791. The van der Waals surface area contributed by atoms with Crippen molar-refractivity contribution in [1.82, 2.24) is 9.88 Å². The fourth-order valence-corrected chi connectivity index (χ4v) is 3.07. The predicted octanol–water partition coefficient (Wildman–Crippen LogP) is 2.62. The van der Waals surface area contributed by atoms with E-state index >= 15 is 0 Å². The van der Waals surface area contributed by atoms with Crippen LogP contribution in [0.25, 0.3) is 0 Å². The number of rotatable bonds is 4. The van der Waals surface area contributed by atoms with Gasteiger partial charge in [0.05, 0.1) is 12.1 Å². The number of hydrogen-bond donors (Lipinski definition) is 0. The van der Waals surface area contributed by atoms with Crippen molar-refractivity contribution in [2.45, 2.75) is 20.3 Å². The number of nitrogens with zero attached hydrogens (tertiary/aromatic N) is 3. The van der Waals surface area contributed by atoms with Gasteiger partial charge in [0.15, 0.2) is 5.78 Å². The van der Waals surface area contributed by atoms with Crippen LogP contribution in [0, 0.1) is 12.7 Å². The van der Waals surface area contributed by atoms with E-state index in [9.17, 15) is 14.0 Å². The molecule has 26 heavy (non-hydrogen) atoms. The topological polar surface area (TPSA) is 53.5 Å². The Kier molecular flexibility index (Phi) is 5.30. The van der Waals surface area contributed by atoms with Crippen LogP contribution >= 0.6 is 0 Å². The minimum absolute atomic E-state index is 0.0581. The largest absolute Gasteiger partial charge is 0.366 e. The van der Waals surface area contributed by atoms with E-state index in [4.69, 9.17) is 0 Å². The highest BCUT2D eigenvalue weighted by molar-refractivity contribution is 5.94. The number of carbonyl (C=O) groups excluding carboxylic acids is 2. The molecule has 0 spiro atoms. The summed E-state index contributed by atoms with van der Waals surface area (Å²) < 4.78 is 14.3. The highest BCUT2D eigenvalue weighted by Gasteiger charge is 2.23. The summed E-state index contributed by atoms with van der Waals surface area (Å²) in [5, 5.41) is 0. The molecule has 3 rings (SSSR count). The van der Waals surface area contributed by atoms with Gasteiger partial charge in [0.2, 0.25) is 5.91 Å². The molecule has 1 aromatic heterocycles. The molecule has 0 saturated carbocycles. The number of amides is 1. The van der Waals surface area contributed by atoms with E-state index in [1.807, 2.05) is 24.0 Å². The van der Waals surface area contributed by atoms with Crippen LogP contribution < -0.4 is 4.90 Å². The van der Waals surface area contributed by atoms with Gasteiger partial charge in [-0.25, -0.2) is 4.39 Å². The molecule has 5 nitrogen and oxygen atoms in total. The van der Waals surface area contributed by atoms with Gasteiger partial charge in [-0.3, -0.25) is 14.6 Å². The van der Waals surface area contributed by atoms with Crippen LogP contribution in [-0.2, 0) is 11.2 Å². The summed E-state index contributed by atoms with van der Waals surface area (Å²) in [5.41, 5.74) is 2.66. The third-order valence-corrected chi connectivity index (χ3v) is 4.66. The number of piperazine rings is 1. The summed E-state index contributed by atoms with van der Waals surface area (Å²) >= 11 is 0. The second-order valence-electron chi connectivity index (χ2n) is 6.57. The zero-order valence-electron chi connectivity index (χ0n) is 15.0. The Balaban J connectivity index is 1.59. The summed E-state index contributed by atoms with van der Waals surface area (Å²) in [6.45, 7) is 5.55. The van der Waals surface area contributed by atoms with Crippen LogP contribution in [-0.4, -0.2) is 47.8 Å². The monoisotopic (exact) mass is 355 g/mol. The fourth-order valence-electron chi connectivity index (χ4n) is 3.07. The molecule has 6 heteroatoms. The molecule has 2 aromatic rings. The van der Waals surface area contributed by atoms with Gasteiger partial charge in [-0.05, 0) is 43.7 Å². The highest BCUT2D eigenvalue weighted by Crippen LogP contribution is 2.22. The summed E-state index contributed by atoms with van der Waals surface area (Å²) in [6.07, 6.45) is 2.06. The third kappa shape index (κ3) is 4.07. The minimum atomic E-state index is -0.400. The SMILES string of the molecule is CC(=O)c1ccc(N2CCN(C(=O)Cc3ccc(C)nc3)CC2)c(F)c1. The van der Waals surface area contributed by atoms with E-state index in [2.05, 4.69) is 4.98 Å². The zero-order chi connectivity index (χ0) is 18.7. The zero-order valence-corrected chi connectivity index (χ0v) is 15.0. The Morgan fingerprint density at radius 3 is 2.42 bits per heavy atom. The normalized spacial score (nSPS) is 14.4. The van der Waals surface area contributed by atoms with Gasteiger partial charge >= 0.3 is 0 Å². The van der Waals surface area contributed by atoms with Crippen molar-refractivity contribution < 1.29 is 14.0 Å². The maximum Gasteiger partial charge on any atom is 0.227 e. The first kappa shape index (κ1) is 18.0. The second kappa shape index (κ2) is 7.64. The van der Waals surface area contributed by atoms with E-state index in [0.29, 0.717) is 43.9 Å². The number of carbonyl (C=O) groups is 2. The van der Waals surface area contributed by atoms with Crippen LogP contribution in [0.15, 0.2) is 36.5 Å². The van der Waals surface area contributed by atoms with Crippen molar-refractivity contribution in [2.24, 2.45) is 0 Å². The summed E-state index contributed by atoms with van der Waals surface area (Å²) in [5.74, 6) is -0.498. The highest BCUT2D eigenvalue weighted by atomic mass is 19.1. The molecule has 1 amide bonds. The van der Waals surface area contributed by atoms with Crippen molar-refractivity contribution in [3.05, 3.63) is 59.2 Å². The number of halogens is 1. The van der Waals surface area contributed by atoms with Crippen molar-refractivity contribution in [3.63, 3.8) is 0 Å². The maximum atomic E-state index is 14.3. The molecular weight excluding hydrogens is 333 g/mol. The molecule has 1 aromatic carbocycles. The standard InChI is InChI=1S/C20H22FN3O2/c1-14-3-4-16(13-22-14)11-20(26)24-9-7-23(8-10-24)19-6-5-17(15(2)25)12-18(19)21/h3-6,12-13H,7-11H2,1-2H3. The Bertz CT molecular complexity index is 812. The third-order valence-electron chi connectivity index (χ3n) is 4.66. The van der Waals surface area contributed by atoms with E-state index in [0.717, 1.165) is 11.3 Å². The lowest BCUT2D eigenvalue weighted by atomic mass is 10.1. The number of anilines is 1. The summed E-state index contributed by atoms with van der Waals surface area (Å²) in [7, 11) is 0. The minimum Gasteiger partial charge on any atom is -0.366 e. The van der Waals surface area contributed by atoms with Crippen LogP contribution in [0.5, 0.6) is 0 Å². The van der Waals surface area contributed by atoms with Gasteiger partial charge in [0, 0.05) is 43.6 Å². The molecule has 0 unspecified atom stereocenters. The van der Waals surface area contributed by atoms with E-state index in [1.165, 1.54) is 13.0 Å². The number of aryl methyl sites for hydroxylation is 1. The lowest BCUT2D eigenvalue weighted by Gasteiger charge is -2.36. The Morgan fingerprint density at radius 1 is 1.12 bits per heavy atom. The van der Waals surface area contributed by atoms with Gasteiger partial charge in [-0.1, -0.05) is 6.07 Å². The lowest BCUT2D eigenvalue weighted by molar-refractivity contribution is -0.130. The van der Waals surface area contributed by atoms with Gasteiger partial charge in [-0.2, -0.15) is 0 Å². The van der Waals surface area contributed by atoms with Crippen molar-refractivity contribution in [1.29, 1.82) is 0 Å². The molecule has 136 valence electrons. The molecule has 0 atom stereocenters. The smallest absolute Gasteiger partial charge is 0.227 e. The van der Waals surface area contributed by atoms with Gasteiger partial charge in [0.25, 0.3) is 0 Å². The molecular formula is C20H22FN3O2.